The Bertz CT molecular complexity index is 661. The van der Waals surface area contributed by atoms with Gasteiger partial charge in [-0.05, 0) is 35.2 Å². The molecule has 1 atom stereocenters. The molecule has 0 aliphatic rings. The molecule has 1 heteroatoms. The Morgan fingerprint density at radius 3 is 2.00 bits per heavy atom. The average Bonchev–Trinajstić information content (AvgIpc) is 2.54. The molecule has 24 heavy (non-hydrogen) atoms. The van der Waals surface area contributed by atoms with E-state index in [0.717, 1.165) is 16.6 Å². The van der Waals surface area contributed by atoms with Gasteiger partial charge in [0.2, 0.25) is 0 Å². The standard InChI is InChI=1S/C23H36Si/c1-8-20(7)24(17(2)3,18(4)5)14-13-21-10-12-22-15-19(6)9-11-23(22)16-21/h9-12,15-18,20H,8,13-14H2,1-7H3. The fourth-order valence-corrected chi connectivity index (χ4v) is 11.7. The van der Waals surface area contributed by atoms with E-state index in [-0.39, 0.29) is 0 Å². The molecule has 0 aromatic heterocycles. The second-order valence-corrected chi connectivity index (χ2v) is 14.4. The van der Waals surface area contributed by atoms with Crippen LogP contribution in [0.5, 0.6) is 0 Å². The van der Waals surface area contributed by atoms with Gasteiger partial charge < -0.3 is 0 Å². The Hall–Kier alpha value is -1.08. The second kappa shape index (κ2) is 7.87. The molecule has 2 rings (SSSR count). The largest absolute Gasteiger partial charge is 0.0654 e. The van der Waals surface area contributed by atoms with Crippen molar-refractivity contribution in [3.8, 4) is 0 Å². The first-order chi connectivity index (χ1) is 11.3. The van der Waals surface area contributed by atoms with Gasteiger partial charge in [-0.2, -0.15) is 0 Å². The van der Waals surface area contributed by atoms with Crippen LogP contribution in [-0.4, -0.2) is 8.07 Å². The lowest BCUT2D eigenvalue weighted by Gasteiger charge is -2.44. The second-order valence-electron chi connectivity index (χ2n) is 8.42. The van der Waals surface area contributed by atoms with E-state index in [1.54, 1.807) is 0 Å². The predicted molar refractivity (Wildman–Crippen MR) is 113 cm³/mol. The summed E-state index contributed by atoms with van der Waals surface area (Å²) in [6, 6.07) is 15.3. The van der Waals surface area contributed by atoms with Gasteiger partial charge in [-0.25, -0.2) is 0 Å². The van der Waals surface area contributed by atoms with Crippen molar-refractivity contribution >= 4 is 18.8 Å². The van der Waals surface area contributed by atoms with Gasteiger partial charge in [-0.15, -0.1) is 0 Å². The van der Waals surface area contributed by atoms with Crippen molar-refractivity contribution in [1.29, 1.82) is 0 Å². The minimum Gasteiger partial charge on any atom is -0.0654 e. The van der Waals surface area contributed by atoms with E-state index in [9.17, 15) is 0 Å². The molecule has 0 saturated carbocycles. The summed E-state index contributed by atoms with van der Waals surface area (Å²) in [5.74, 6) is 0. The summed E-state index contributed by atoms with van der Waals surface area (Å²) >= 11 is 0. The SMILES string of the molecule is CCC(C)[Si](CCc1ccc2cc(C)ccc2c1)(C(C)C)C(C)C. The fraction of sp³-hybridized carbons (Fsp3) is 0.565. The van der Waals surface area contributed by atoms with Crippen molar-refractivity contribution in [1.82, 2.24) is 0 Å². The van der Waals surface area contributed by atoms with Crippen LogP contribution in [0.2, 0.25) is 22.7 Å². The topological polar surface area (TPSA) is 0 Å². The zero-order valence-electron chi connectivity index (χ0n) is 16.8. The summed E-state index contributed by atoms with van der Waals surface area (Å²) in [4.78, 5) is 0. The van der Waals surface area contributed by atoms with Crippen LogP contribution in [0.4, 0.5) is 0 Å². The molecule has 0 aliphatic heterocycles. The number of benzene rings is 2. The average molecular weight is 341 g/mol. The van der Waals surface area contributed by atoms with Crippen LogP contribution in [0.25, 0.3) is 10.8 Å². The van der Waals surface area contributed by atoms with E-state index in [1.165, 1.54) is 40.8 Å². The van der Waals surface area contributed by atoms with Gasteiger partial charge in [0, 0.05) is 0 Å². The summed E-state index contributed by atoms with van der Waals surface area (Å²) in [7, 11) is -1.31. The molecular weight excluding hydrogens is 304 g/mol. The van der Waals surface area contributed by atoms with Crippen molar-refractivity contribution in [3.63, 3.8) is 0 Å². The van der Waals surface area contributed by atoms with Crippen molar-refractivity contribution in [3.05, 3.63) is 47.5 Å². The smallest absolute Gasteiger partial charge is 0.0618 e. The molecule has 2 aromatic rings. The van der Waals surface area contributed by atoms with Gasteiger partial charge in [0.05, 0.1) is 8.07 Å². The lowest BCUT2D eigenvalue weighted by atomic mass is 10.0. The molecule has 1 unspecified atom stereocenters. The predicted octanol–water partition coefficient (Wildman–Crippen LogP) is 7.76. The first kappa shape index (κ1) is 19.2. The van der Waals surface area contributed by atoms with E-state index < -0.39 is 8.07 Å². The molecule has 0 radical (unpaired) electrons. The number of hydrogen-bond acceptors (Lipinski definition) is 0. The van der Waals surface area contributed by atoms with Gasteiger partial charge in [0.15, 0.2) is 0 Å². The number of rotatable bonds is 7. The third-order valence-electron chi connectivity index (χ3n) is 6.59. The molecule has 0 nitrogen and oxygen atoms in total. The van der Waals surface area contributed by atoms with Crippen molar-refractivity contribution in [2.75, 3.05) is 0 Å². The minimum atomic E-state index is -1.31. The van der Waals surface area contributed by atoms with Crippen LogP contribution >= 0.6 is 0 Å². The molecule has 132 valence electrons. The Labute approximate surface area is 150 Å². The van der Waals surface area contributed by atoms with Crippen LogP contribution in [0, 0.1) is 6.92 Å². The summed E-state index contributed by atoms with van der Waals surface area (Å²) in [5.41, 5.74) is 5.48. The molecule has 0 aliphatic carbocycles. The van der Waals surface area contributed by atoms with E-state index in [2.05, 4.69) is 84.9 Å². The maximum atomic E-state index is 2.52. The van der Waals surface area contributed by atoms with Crippen LogP contribution in [-0.2, 0) is 6.42 Å². The molecule has 0 heterocycles. The highest BCUT2D eigenvalue weighted by molar-refractivity contribution is 6.83. The van der Waals surface area contributed by atoms with E-state index >= 15 is 0 Å². The fourth-order valence-electron chi connectivity index (χ4n) is 4.94. The summed E-state index contributed by atoms with van der Waals surface area (Å²) in [5, 5.41) is 2.76. The Balaban J connectivity index is 2.27. The van der Waals surface area contributed by atoms with Crippen molar-refractivity contribution < 1.29 is 0 Å². The first-order valence-corrected chi connectivity index (χ1v) is 12.2. The Kier molecular flexibility index (Phi) is 6.31. The van der Waals surface area contributed by atoms with Crippen LogP contribution in [0.15, 0.2) is 36.4 Å². The minimum absolute atomic E-state index is 0.857. The Morgan fingerprint density at radius 1 is 0.833 bits per heavy atom. The van der Waals surface area contributed by atoms with Gasteiger partial charge in [-0.1, -0.05) is 107 Å². The van der Waals surface area contributed by atoms with Gasteiger partial charge >= 0.3 is 0 Å². The van der Waals surface area contributed by atoms with Crippen LogP contribution in [0.3, 0.4) is 0 Å². The monoisotopic (exact) mass is 340 g/mol. The quantitative estimate of drug-likeness (QED) is 0.452. The van der Waals surface area contributed by atoms with E-state index in [0.29, 0.717) is 0 Å². The molecule has 0 saturated heterocycles. The lowest BCUT2D eigenvalue weighted by molar-refractivity contribution is 0.734. The molecule has 0 fully saturated rings. The zero-order chi connectivity index (χ0) is 17.9. The van der Waals surface area contributed by atoms with E-state index in [1.807, 2.05) is 0 Å². The maximum Gasteiger partial charge on any atom is 0.0618 e. The third kappa shape index (κ3) is 3.77. The number of hydrogen-bond donors (Lipinski definition) is 0. The summed E-state index contributed by atoms with van der Waals surface area (Å²) < 4.78 is 0. The summed E-state index contributed by atoms with van der Waals surface area (Å²) in [6.45, 7) is 17.0. The molecule has 0 bridgehead atoms. The number of aryl methyl sites for hydroxylation is 2. The molecule has 0 spiro atoms. The van der Waals surface area contributed by atoms with Crippen LogP contribution in [0.1, 0.15) is 59.1 Å². The zero-order valence-corrected chi connectivity index (χ0v) is 17.8. The highest BCUT2D eigenvalue weighted by atomic mass is 28.3. The highest BCUT2D eigenvalue weighted by Gasteiger charge is 2.42. The maximum absolute atomic E-state index is 2.52. The molecule has 0 amide bonds. The van der Waals surface area contributed by atoms with Gasteiger partial charge in [0.25, 0.3) is 0 Å². The molecule has 2 aromatic carbocycles. The van der Waals surface area contributed by atoms with Crippen molar-refractivity contribution in [2.45, 2.75) is 84.0 Å². The van der Waals surface area contributed by atoms with Gasteiger partial charge in [-0.3, -0.25) is 0 Å². The molecule has 0 N–H and O–H groups in total. The number of fused-ring (bicyclic) bond motifs is 1. The van der Waals surface area contributed by atoms with E-state index in [4.69, 9.17) is 0 Å². The first-order valence-electron chi connectivity index (χ1n) is 9.80. The normalized spacial score (nSPS) is 13.9. The van der Waals surface area contributed by atoms with Crippen LogP contribution < -0.4 is 0 Å². The van der Waals surface area contributed by atoms with Crippen molar-refractivity contribution in [2.24, 2.45) is 0 Å². The summed E-state index contributed by atoms with van der Waals surface area (Å²) in [6.07, 6.45) is 2.58. The lowest BCUT2D eigenvalue weighted by Crippen LogP contribution is -2.45. The van der Waals surface area contributed by atoms with Gasteiger partial charge in [0.1, 0.15) is 0 Å². The third-order valence-corrected chi connectivity index (χ3v) is 14.2. The molecular formula is C23H36Si. The Morgan fingerprint density at radius 2 is 1.42 bits per heavy atom. The highest BCUT2D eigenvalue weighted by Crippen LogP contribution is 2.46.